The van der Waals surface area contributed by atoms with Crippen LogP contribution in [0.15, 0.2) is 42.9 Å². The average molecular weight is 340 g/mol. The number of carbonyl (C=O) groups excluding carboxylic acids is 1. The van der Waals surface area contributed by atoms with E-state index >= 15 is 0 Å². The zero-order chi connectivity index (χ0) is 17.5. The van der Waals surface area contributed by atoms with E-state index in [2.05, 4.69) is 37.3 Å². The first-order valence-corrected chi connectivity index (χ1v) is 8.61. The summed E-state index contributed by atoms with van der Waals surface area (Å²) in [6, 6.07) is 7.35. The highest BCUT2D eigenvalue weighted by molar-refractivity contribution is 5.88. The molecule has 2 amide bonds. The van der Waals surface area contributed by atoms with Crippen LogP contribution < -0.4 is 15.5 Å². The number of hydrogen-bond donors (Lipinski definition) is 2. The molecule has 1 saturated heterocycles. The molecule has 7 nitrogen and oxygen atoms in total. The molecule has 132 valence electrons. The van der Waals surface area contributed by atoms with Crippen molar-refractivity contribution in [3.05, 3.63) is 48.4 Å². The van der Waals surface area contributed by atoms with E-state index < -0.39 is 0 Å². The minimum Gasteiger partial charge on any atom is -0.354 e. The molecular weight excluding hydrogens is 316 g/mol. The smallest absolute Gasteiger partial charge is 0.319 e. The van der Waals surface area contributed by atoms with Gasteiger partial charge in [-0.25, -0.2) is 9.78 Å². The summed E-state index contributed by atoms with van der Waals surface area (Å²) in [5.41, 5.74) is 1.64. The molecule has 1 fully saturated rings. The van der Waals surface area contributed by atoms with Gasteiger partial charge in [0, 0.05) is 45.1 Å². The van der Waals surface area contributed by atoms with Crippen molar-refractivity contribution in [2.24, 2.45) is 0 Å². The number of urea groups is 1. The lowest BCUT2D eigenvalue weighted by Crippen LogP contribution is -2.46. The van der Waals surface area contributed by atoms with E-state index in [1.54, 1.807) is 24.5 Å². The van der Waals surface area contributed by atoms with Crippen molar-refractivity contribution in [2.75, 3.05) is 42.9 Å². The van der Waals surface area contributed by atoms with Crippen LogP contribution in [0.1, 0.15) is 12.5 Å². The van der Waals surface area contributed by atoms with Gasteiger partial charge in [-0.3, -0.25) is 4.98 Å². The molecule has 0 atom stereocenters. The van der Waals surface area contributed by atoms with Gasteiger partial charge in [0.05, 0.1) is 11.9 Å². The Morgan fingerprint density at radius 1 is 1.16 bits per heavy atom. The largest absolute Gasteiger partial charge is 0.354 e. The summed E-state index contributed by atoms with van der Waals surface area (Å²) < 4.78 is 0. The molecule has 25 heavy (non-hydrogen) atoms. The van der Waals surface area contributed by atoms with Gasteiger partial charge < -0.3 is 20.4 Å². The van der Waals surface area contributed by atoms with Gasteiger partial charge in [-0.05, 0) is 30.3 Å². The predicted octanol–water partition coefficient (Wildman–Crippen LogP) is 1.94. The van der Waals surface area contributed by atoms with Crippen LogP contribution in [0.25, 0.3) is 0 Å². The highest BCUT2D eigenvalue weighted by Gasteiger charge is 2.16. The lowest BCUT2D eigenvalue weighted by atomic mass is 10.2. The predicted molar refractivity (Wildman–Crippen MR) is 98.7 cm³/mol. The summed E-state index contributed by atoms with van der Waals surface area (Å²) in [6.07, 6.45) is 5.10. The molecule has 0 aromatic carbocycles. The number of likely N-dealkylation sites (N-methyl/N-ethyl adjacent to an activating group) is 1. The van der Waals surface area contributed by atoms with Crippen LogP contribution in [-0.2, 0) is 6.54 Å². The van der Waals surface area contributed by atoms with Crippen molar-refractivity contribution in [3.8, 4) is 0 Å². The first kappa shape index (κ1) is 17.2. The van der Waals surface area contributed by atoms with Crippen LogP contribution in [0, 0.1) is 0 Å². The normalized spacial score (nSPS) is 15.0. The Morgan fingerprint density at radius 2 is 2.00 bits per heavy atom. The SMILES string of the molecule is CCN1CCN(c2ccc(CNC(=O)Nc3cccnc3)cn2)CC1. The fourth-order valence-corrected chi connectivity index (χ4v) is 2.80. The number of nitrogens with zero attached hydrogens (tertiary/aromatic N) is 4. The van der Waals surface area contributed by atoms with Crippen molar-refractivity contribution >= 4 is 17.5 Å². The third-order valence-electron chi connectivity index (χ3n) is 4.33. The molecule has 3 heterocycles. The summed E-state index contributed by atoms with van der Waals surface area (Å²) in [5, 5.41) is 5.56. The van der Waals surface area contributed by atoms with Crippen molar-refractivity contribution in [1.29, 1.82) is 0 Å². The third-order valence-corrected chi connectivity index (χ3v) is 4.33. The minimum atomic E-state index is -0.257. The molecule has 0 aliphatic carbocycles. The number of aromatic nitrogens is 2. The molecule has 2 aromatic rings. The van der Waals surface area contributed by atoms with E-state index in [0.717, 1.165) is 44.1 Å². The monoisotopic (exact) mass is 340 g/mol. The van der Waals surface area contributed by atoms with E-state index in [9.17, 15) is 4.79 Å². The van der Waals surface area contributed by atoms with Gasteiger partial charge >= 0.3 is 6.03 Å². The Hall–Kier alpha value is -2.67. The maximum absolute atomic E-state index is 11.9. The molecular formula is C18H24N6O. The second-order valence-electron chi connectivity index (χ2n) is 6.00. The van der Waals surface area contributed by atoms with Gasteiger partial charge in [-0.1, -0.05) is 13.0 Å². The van der Waals surface area contributed by atoms with E-state index in [-0.39, 0.29) is 6.03 Å². The second-order valence-corrected chi connectivity index (χ2v) is 6.00. The molecule has 0 radical (unpaired) electrons. The number of carbonyl (C=O) groups is 1. The van der Waals surface area contributed by atoms with Gasteiger partial charge in [0.2, 0.25) is 0 Å². The summed E-state index contributed by atoms with van der Waals surface area (Å²) in [6.45, 7) is 7.90. The maximum atomic E-state index is 11.9. The number of piperazine rings is 1. The van der Waals surface area contributed by atoms with E-state index in [1.807, 2.05) is 18.3 Å². The molecule has 0 saturated carbocycles. The molecule has 1 aliphatic heterocycles. The number of nitrogens with one attached hydrogen (secondary N) is 2. The van der Waals surface area contributed by atoms with Crippen LogP contribution in [0.5, 0.6) is 0 Å². The van der Waals surface area contributed by atoms with Crippen molar-refractivity contribution in [2.45, 2.75) is 13.5 Å². The second kappa shape index (κ2) is 8.43. The molecule has 0 bridgehead atoms. The molecule has 7 heteroatoms. The zero-order valence-electron chi connectivity index (χ0n) is 14.5. The molecule has 2 N–H and O–H groups in total. The average Bonchev–Trinajstić information content (AvgIpc) is 2.68. The summed E-state index contributed by atoms with van der Waals surface area (Å²) >= 11 is 0. The number of anilines is 2. The zero-order valence-corrected chi connectivity index (χ0v) is 14.5. The summed E-state index contributed by atoms with van der Waals surface area (Å²) in [4.78, 5) is 25.1. The molecule has 3 rings (SSSR count). The highest BCUT2D eigenvalue weighted by atomic mass is 16.2. The van der Waals surface area contributed by atoms with Gasteiger partial charge in [-0.2, -0.15) is 0 Å². The van der Waals surface area contributed by atoms with Crippen LogP contribution in [0.3, 0.4) is 0 Å². The van der Waals surface area contributed by atoms with Crippen LogP contribution in [-0.4, -0.2) is 53.6 Å². The fraction of sp³-hybridized carbons (Fsp3) is 0.389. The van der Waals surface area contributed by atoms with E-state index in [0.29, 0.717) is 12.2 Å². The van der Waals surface area contributed by atoms with E-state index in [4.69, 9.17) is 0 Å². The number of amides is 2. The lowest BCUT2D eigenvalue weighted by molar-refractivity contribution is 0.251. The Bertz CT molecular complexity index is 668. The van der Waals surface area contributed by atoms with Crippen molar-refractivity contribution in [3.63, 3.8) is 0 Å². The maximum Gasteiger partial charge on any atom is 0.319 e. The lowest BCUT2D eigenvalue weighted by Gasteiger charge is -2.34. The first-order chi connectivity index (χ1) is 12.2. The molecule has 0 unspecified atom stereocenters. The Morgan fingerprint density at radius 3 is 2.64 bits per heavy atom. The van der Waals surface area contributed by atoms with Gasteiger partial charge in [0.1, 0.15) is 5.82 Å². The van der Waals surface area contributed by atoms with Gasteiger partial charge in [0.25, 0.3) is 0 Å². The Balaban J connectivity index is 1.47. The quantitative estimate of drug-likeness (QED) is 0.870. The number of pyridine rings is 2. The third kappa shape index (κ3) is 4.90. The standard InChI is InChI=1S/C18H24N6O/c1-2-23-8-10-24(11-9-23)17-6-5-15(12-20-17)13-21-18(25)22-16-4-3-7-19-14-16/h3-7,12,14H,2,8-11,13H2,1H3,(H2,21,22,25). The molecule has 2 aromatic heterocycles. The topological polar surface area (TPSA) is 73.4 Å². The highest BCUT2D eigenvalue weighted by Crippen LogP contribution is 2.14. The number of hydrogen-bond acceptors (Lipinski definition) is 5. The van der Waals surface area contributed by atoms with Crippen LogP contribution in [0.4, 0.5) is 16.3 Å². The van der Waals surface area contributed by atoms with Crippen molar-refractivity contribution in [1.82, 2.24) is 20.2 Å². The minimum absolute atomic E-state index is 0.257. The Labute approximate surface area is 148 Å². The van der Waals surface area contributed by atoms with Crippen LogP contribution in [0.2, 0.25) is 0 Å². The van der Waals surface area contributed by atoms with Gasteiger partial charge in [0.15, 0.2) is 0 Å². The van der Waals surface area contributed by atoms with Gasteiger partial charge in [-0.15, -0.1) is 0 Å². The Kier molecular flexibility index (Phi) is 5.79. The molecule has 0 spiro atoms. The number of rotatable bonds is 5. The fourth-order valence-electron chi connectivity index (χ4n) is 2.80. The first-order valence-electron chi connectivity index (χ1n) is 8.61. The van der Waals surface area contributed by atoms with Crippen LogP contribution >= 0.6 is 0 Å². The van der Waals surface area contributed by atoms with E-state index in [1.165, 1.54) is 0 Å². The molecule has 1 aliphatic rings. The summed E-state index contributed by atoms with van der Waals surface area (Å²) in [7, 11) is 0. The summed E-state index contributed by atoms with van der Waals surface area (Å²) in [5.74, 6) is 0.999. The van der Waals surface area contributed by atoms with Crippen molar-refractivity contribution < 1.29 is 4.79 Å².